The molecule has 0 fully saturated rings. The summed E-state index contributed by atoms with van der Waals surface area (Å²) in [5.41, 5.74) is 3.38. The van der Waals surface area contributed by atoms with Gasteiger partial charge in [-0.1, -0.05) is 23.4 Å². The predicted octanol–water partition coefficient (Wildman–Crippen LogP) is 0.782. The summed E-state index contributed by atoms with van der Waals surface area (Å²) >= 11 is 0. The fraction of sp³-hybridized carbons (Fsp3) is 0.100. The van der Waals surface area contributed by atoms with Crippen molar-refractivity contribution < 1.29 is 0 Å². The number of fused-ring (bicyclic) bond motifs is 1. The summed E-state index contributed by atoms with van der Waals surface area (Å²) in [5, 5.41) is 9.94. The van der Waals surface area contributed by atoms with Crippen LogP contribution in [0.25, 0.3) is 10.9 Å². The number of aromatic nitrogens is 1. The summed E-state index contributed by atoms with van der Waals surface area (Å²) in [4.78, 5) is 11.8. The molecule has 0 aliphatic carbocycles. The van der Waals surface area contributed by atoms with Gasteiger partial charge in [-0.05, 0) is 17.4 Å². The van der Waals surface area contributed by atoms with Crippen molar-refractivity contribution in [2.75, 3.05) is 11.8 Å². The molecule has 0 amide bonds. The first kappa shape index (κ1) is 8.90. The number of rotatable bonds is 1. The quantitative estimate of drug-likeness (QED) is 0.764. The fourth-order valence-corrected chi connectivity index (χ4v) is 1.73. The SMILES string of the molecule is O=c1ccc2ccccc2n1N1CNN=N1. The molecule has 1 aliphatic heterocycles. The van der Waals surface area contributed by atoms with Gasteiger partial charge >= 0.3 is 0 Å². The van der Waals surface area contributed by atoms with Crippen LogP contribution in [0.3, 0.4) is 0 Å². The first-order valence-electron chi connectivity index (χ1n) is 4.88. The Morgan fingerprint density at radius 1 is 1.19 bits per heavy atom. The minimum atomic E-state index is -0.124. The smallest absolute Gasteiger partial charge is 0.267 e. The Kier molecular flexibility index (Phi) is 1.86. The number of nitrogens with one attached hydrogen (secondary N) is 1. The Morgan fingerprint density at radius 3 is 2.88 bits per heavy atom. The highest BCUT2D eigenvalue weighted by Gasteiger charge is 2.12. The highest BCUT2D eigenvalue weighted by Crippen LogP contribution is 2.11. The maximum atomic E-state index is 11.8. The maximum absolute atomic E-state index is 11.8. The van der Waals surface area contributed by atoms with Crippen LogP contribution in [0.15, 0.2) is 51.6 Å². The average Bonchev–Trinajstić information content (AvgIpc) is 2.82. The molecular weight excluding hydrogens is 206 g/mol. The minimum Gasteiger partial charge on any atom is -0.267 e. The lowest BCUT2D eigenvalue weighted by Gasteiger charge is -2.16. The van der Waals surface area contributed by atoms with E-state index < -0.39 is 0 Å². The molecule has 1 N–H and O–H groups in total. The third kappa shape index (κ3) is 1.23. The Labute approximate surface area is 90.7 Å². The monoisotopic (exact) mass is 215 g/mol. The van der Waals surface area contributed by atoms with Gasteiger partial charge in [-0.15, -0.1) is 0 Å². The molecule has 0 radical (unpaired) electrons. The lowest BCUT2D eigenvalue weighted by atomic mass is 10.2. The van der Waals surface area contributed by atoms with Gasteiger partial charge < -0.3 is 0 Å². The van der Waals surface area contributed by atoms with Crippen molar-refractivity contribution in [2.45, 2.75) is 0 Å². The van der Waals surface area contributed by atoms with Crippen LogP contribution in [-0.2, 0) is 0 Å². The van der Waals surface area contributed by atoms with Gasteiger partial charge in [0.1, 0.15) is 6.67 Å². The Balaban J connectivity index is 2.32. The predicted molar refractivity (Wildman–Crippen MR) is 59.3 cm³/mol. The van der Waals surface area contributed by atoms with E-state index in [9.17, 15) is 4.79 Å². The molecule has 0 unspecified atom stereocenters. The lowest BCUT2D eigenvalue weighted by Crippen LogP contribution is -2.38. The molecule has 0 atom stereocenters. The Morgan fingerprint density at radius 2 is 2.06 bits per heavy atom. The number of hydrogen-bond donors (Lipinski definition) is 1. The zero-order valence-electron chi connectivity index (χ0n) is 8.37. The topological polar surface area (TPSA) is 62.0 Å². The third-order valence-electron chi connectivity index (χ3n) is 2.44. The zero-order chi connectivity index (χ0) is 11.0. The second-order valence-corrected chi connectivity index (χ2v) is 3.42. The molecule has 1 aromatic heterocycles. The van der Waals surface area contributed by atoms with Crippen molar-refractivity contribution in [3.8, 4) is 0 Å². The summed E-state index contributed by atoms with van der Waals surface area (Å²) in [5.74, 6) is 0. The van der Waals surface area contributed by atoms with Gasteiger partial charge in [0.2, 0.25) is 0 Å². The van der Waals surface area contributed by atoms with E-state index in [1.807, 2.05) is 24.3 Å². The largest absolute Gasteiger partial charge is 0.271 e. The molecule has 0 bridgehead atoms. The molecule has 1 aromatic carbocycles. The molecule has 3 rings (SSSR count). The van der Waals surface area contributed by atoms with E-state index in [0.29, 0.717) is 6.67 Å². The van der Waals surface area contributed by atoms with Crippen molar-refractivity contribution >= 4 is 10.9 Å². The molecule has 1 aliphatic rings. The van der Waals surface area contributed by atoms with Crippen LogP contribution in [-0.4, -0.2) is 11.3 Å². The molecule has 0 spiro atoms. The molecule has 6 nitrogen and oxygen atoms in total. The number of pyridine rings is 1. The van der Waals surface area contributed by atoms with Gasteiger partial charge in [0.25, 0.3) is 5.56 Å². The van der Waals surface area contributed by atoms with E-state index in [1.165, 1.54) is 15.9 Å². The van der Waals surface area contributed by atoms with E-state index >= 15 is 0 Å². The molecule has 16 heavy (non-hydrogen) atoms. The molecule has 0 saturated heterocycles. The molecule has 80 valence electrons. The van der Waals surface area contributed by atoms with Crippen LogP contribution in [0.1, 0.15) is 0 Å². The summed E-state index contributed by atoms with van der Waals surface area (Å²) in [7, 11) is 0. The Bertz CT molecular complexity index is 618. The Hall–Kier alpha value is -2.37. The van der Waals surface area contributed by atoms with E-state index in [1.54, 1.807) is 6.07 Å². The number of hydrogen-bond acceptors (Lipinski definition) is 5. The van der Waals surface area contributed by atoms with Gasteiger partial charge in [0, 0.05) is 11.5 Å². The van der Waals surface area contributed by atoms with Crippen molar-refractivity contribution in [1.82, 2.24) is 10.1 Å². The van der Waals surface area contributed by atoms with Crippen LogP contribution >= 0.6 is 0 Å². The van der Waals surface area contributed by atoms with E-state index in [2.05, 4.69) is 15.9 Å². The van der Waals surface area contributed by atoms with Gasteiger partial charge in [-0.3, -0.25) is 10.2 Å². The fourth-order valence-electron chi connectivity index (χ4n) is 1.73. The molecule has 0 saturated carbocycles. The zero-order valence-corrected chi connectivity index (χ0v) is 8.37. The van der Waals surface area contributed by atoms with Crippen LogP contribution in [0, 0.1) is 0 Å². The van der Waals surface area contributed by atoms with E-state index in [4.69, 9.17) is 0 Å². The van der Waals surface area contributed by atoms with Crippen LogP contribution in [0.2, 0.25) is 0 Å². The summed E-state index contributed by atoms with van der Waals surface area (Å²) < 4.78 is 1.50. The van der Waals surface area contributed by atoms with Gasteiger partial charge in [-0.2, -0.15) is 9.79 Å². The van der Waals surface area contributed by atoms with E-state index in [0.717, 1.165) is 10.9 Å². The first-order chi connectivity index (χ1) is 7.86. The van der Waals surface area contributed by atoms with Gasteiger partial charge in [0.15, 0.2) is 0 Å². The van der Waals surface area contributed by atoms with Crippen LogP contribution < -0.4 is 16.1 Å². The van der Waals surface area contributed by atoms with Crippen molar-refractivity contribution in [2.24, 2.45) is 10.4 Å². The third-order valence-corrected chi connectivity index (χ3v) is 2.44. The second kappa shape index (κ2) is 3.34. The highest BCUT2D eigenvalue weighted by atomic mass is 16.1. The number of benzene rings is 1. The van der Waals surface area contributed by atoms with Crippen molar-refractivity contribution in [1.29, 1.82) is 0 Å². The molecule has 2 aromatic rings. The number of nitrogens with zero attached hydrogens (tertiary/aromatic N) is 4. The molecule has 6 heteroatoms. The average molecular weight is 215 g/mol. The molecule has 2 heterocycles. The highest BCUT2D eigenvalue weighted by molar-refractivity contribution is 5.79. The van der Waals surface area contributed by atoms with Crippen LogP contribution in [0.5, 0.6) is 0 Å². The van der Waals surface area contributed by atoms with Crippen molar-refractivity contribution in [3.63, 3.8) is 0 Å². The standard InChI is InChI=1S/C10H9N5O/c16-10-6-5-8-3-1-2-4-9(8)15(10)14-7-11-12-13-14/h1-6H,7H2,(H,11,13). The van der Waals surface area contributed by atoms with Crippen LogP contribution in [0.4, 0.5) is 0 Å². The summed E-state index contributed by atoms with van der Waals surface area (Å²) in [6, 6.07) is 11.0. The molecular formula is C10H9N5O. The normalized spacial score (nSPS) is 14.4. The minimum absolute atomic E-state index is 0.124. The first-order valence-corrected chi connectivity index (χ1v) is 4.88. The van der Waals surface area contributed by atoms with Gasteiger partial charge in [-0.25, -0.2) is 0 Å². The van der Waals surface area contributed by atoms with E-state index in [-0.39, 0.29) is 5.56 Å². The summed E-state index contributed by atoms with van der Waals surface area (Å²) in [6.45, 7) is 0.397. The maximum Gasteiger partial charge on any atom is 0.271 e. The lowest BCUT2D eigenvalue weighted by molar-refractivity contribution is 0.626. The second-order valence-electron chi connectivity index (χ2n) is 3.42. The summed E-state index contributed by atoms with van der Waals surface area (Å²) in [6.07, 6.45) is 0. The van der Waals surface area contributed by atoms with Crippen molar-refractivity contribution in [3.05, 3.63) is 46.8 Å². The van der Waals surface area contributed by atoms with Gasteiger partial charge in [0.05, 0.1) is 5.52 Å². The number of para-hydroxylation sites is 1.